The summed E-state index contributed by atoms with van der Waals surface area (Å²) in [6.45, 7) is 0. The van der Waals surface area contributed by atoms with Crippen LogP contribution in [0.2, 0.25) is 5.02 Å². The van der Waals surface area contributed by atoms with Gasteiger partial charge >= 0.3 is 0 Å². The van der Waals surface area contributed by atoms with Gasteiger partial charge in [-0.05, 0) is 29.8 Å². The maximum atomic E-state index is 6.23. The molecule has 0 saturated heterocycles. The van der Waals surface area contributed by atoms with Gasteiger partial charge < -0.3 is 10.2 Å². The van der Waals surface area contributed by atoms with Gasteiger partial charge in [0.25, 0.3) is 0 Å². The van der Waals surface area contributed by atoms with E-state index in [0.717, 1.165) is 15.4 Å². The van der Waals surface area contributed by atoms with E-state index in [2.05, 4.69) is 15.9 Å². The van der Waals surface area contributed by atoms with E-state index in [0.29, 0.717) is 16.4 Å². The van der Waals surface area contributed by atoms with Crippen LogP contribution in [0, 0.1) is 0 Å². The molecule has 0 radical (unpaired) electrons. The van der Waals surface area contributed by atoms with Gasteiger partial charge in [-0.2, -0.15) is 0 Å². The largest absolute Gasteiger partial charge is 0.457 e. The zero-order valence-corrected chi connectivity index (χ0v) is 12.3. The van der Waals surface area contributed by atoms with Gasteiger partial charge in [-0.1, -0.05) is 51.8 Å². The summed E-state index contributed by atoms with van der Waals surface area (Å²) in [5, 5.41) is 1.57. The second-order valence-electron chi connectivity index (χ2n) is 4.34. The quantitative estimate of drug-likeness (QED) is 0.723. The summed E-state index contributed by atoms with van der Waals surface area (Å²) >= 11 is 9.51. The minimum Gasteiger partial charge on any atom is -0.457 e. The van der Waals surface area contributed by atoms with Crippen molar-refractivity contribution in [2.45, 2.75) is 6.04 Å². The number of furan rings is 1. The Morgan fingerprint density at radius 1 is 1.11 bits per heavy atom. The van der Waals surface area contributed by atoms with Gasteiger partial charge in [0.1, 0.15) is 5.76 Å². The van der Waals surface area contributed by atoms with Crippen molar-refractivity contribution in [1.29, 1.82) is 0 Å². The molecule has 1 aromatic heterocycles. The molecule has 2 N–H and O–H groups in total. The normalized spacial score (nSPS) is 12.8. The van der Waals surface area contributed by atoms with Crippen LogP contribution in [0.25, 0.3) is 11.0 Å². The van der Waals surface area contributed by atoms with Gasteiger partial charge in [0.15, 0.2) is 5.58 Å². The van der Waals surface area contributed by atoms with E-state index in [1.807, 2.05) is 48.5 Å². The SMILES string of the molecule is NC(c1ccc(Br)cc1)c1cc2cccc(Cl)c2o1. The van der Waals surface area contributed by atoms with Crippen molar-refractivity contribution in [3.8, 4) is 0 Å². The molecular weight excluding hydrogens is 326 g/mol. The Bertz CT molecular complexity index is 721. The maximum Gasteiger partial charge on any atom is 0.152 e. The summed E-state index contributed by atoms with van der Waals surface area (Å²) in [5.41, 5.74) is 7.91. The summed E-state index contributed by atoms with van der Waals surface area (Å²) in [6, 6.07) is 15.2. The molecule has 2 aromatic carbocycles. The van der Waals surface area contributed by atoms with Crippen LogP contribution in [0.1, 0.15) is 17.4 Å². The second-order valence-corrected chi connectivity index (χ2v) is 5.66. The molecule has 1 heterocycles. The van der Waals surface area contributed by atoms with Crippen molar-refractivity contribution in [3.05, 3.63) is 69.3 Å². The predicted molar refractivity (Wildman–Crippen MR) is 81.4 cm³/mol. The highest BCUT2D eigenvalue weighted by Gasteiger charge is 2.15. The van der Waals surface area contributed by atoms with Gasteiger partial charge in [-0.15, -0.1) is 0 Å². The van der Waals surface area contributed by atoms with Gasteiger partial charge in [-0.3, -0.25) is 0 Å². The number of para-hydroxylation sites is 1. The van der Waals surface area contributed by atoms with Gasteiger partial charge in [0.05, 0.1) is 11.1 Å². The van der Waals surface area contributed by atoms with Crippen molar-refractivity contribution < 1.29 is 4.42 Å². The van der Waals surface area contributed by atoms with Crippen LogP contribution in [0.4, 0.5) is 0 Å². The monoisotopic (exact) mass is 335 g/mol. The van der Waals surface area contributed by atoms with Crippen LogP contribution in [-0.2, 0) is 0 Å². The maximum absolute atomic E-state index is 6.23. The van der Waals surface area contributed by atoms with E-state index in [-0.39, 0.29) is 6.04 Å². The lowest BCUT2D eigenvalue weighted by atomic mass is 10.1. The van der Waals surface area contributed by atoms with Crippen molar-refractivity contribution in [2.24, 2.45) is 5.73 Å². The molecule has 2 nitrogen and oxygen atoms in total. The van der Waals surface area contributed by atoms with Crippen molar-refractivity contribution >= 4 is 38.5 Å². The zero-order valence-electron chi connectivity index (χ0n) is 9.94. The van der Waals surface area contributed by atoms with Crippen LogP contribution in [-0.4, -0.2) is 0 Å². The molecule has 0 aliphatic heterocycles. The van der Waals surface area contributed by atoms with Gasteiger partial charge in [-0.25, -0.2) is 0 Å². The summed E-state index contributed by atoms with van der Waals surface area (Å²) in [4.78, 5) is 0. The Morgan fingerprint density at radius 2 is 1.84 bits per heavy atom. The molecule has 0 amide bonds. The van der Waals surface area contributed by atoms with Crippen LogP contribution in [0.3, 0.4) is 0 Å². The average molecular weight is 337 g/mol. The molecule has 1 unspecified atom stereocenters. The van der Waals surface area contributed by atoms with Crippen LogP contribution < -0.4 is 5.73 Å². The lowest BCUT2D eigenvalue weighted by molar-refractivity contribution is 0.525. The van der Waals surface area contributed by atoms with Crippen molar-refractivity contribution in [3.63, 3.8) is 0 Å². The van der Waals surface area contributed by atoms with E-state index in [9.17, 15) is 0 Å². The standard InChI is InChI=1S/C15H11BrClNO/c16-11-6-4-9(5-7-11)14(18)13-8-10-2-1-3-12(17)15(10)19-13/h1-8,14H,18H2. The zero-order chi connectivity index (χ0) is 13.4. The molecule has 0 aliphatic carbocycles. The Hall–Kier alpha value is -1.29. The van der Waals surface area contributed by atoms with Crippen molar-refractivity contribution in [1.82, 2.24) is 0 Å². The molecular formula is C15H11BrClNO. The number of rotatable bonds is 2. The Labute approximate surface area is 124 Å². The van der Waals surface area contributed by atoms with E-state index < -0.39 is 0 Å². The Balaban J connectivity index is 2.04. The Morgan fingerprint density at radius 3 is 2.53 bits per heavy atom. The molecule has 0 fully saturated rings. The molecule has 0 bridgehead atoms. The fourth-order valence-corrected chi connectivity index (χ4v) is 2.52. The molecule has 19 heavy (non-hydrogen) atoms. The highest BCUT2D eigenvalue weighted by Crippen LogP contribution is 2.31. The fraction of sp³-hybridized carbons (Fsp3) is 0.0667. The number of hydrogen-bond acceptors (Lipinski definition) is 2. The highest BCUT2D eigenvalue weighted by atomic mass is 79.9. The van der Waals surface area contributed by atoms with E-state index >= 15 is 0 Å². The predicted octanol–water partition coefficient (Wildman–Crippen LogP) is 4.90. The molecule has 0 aliphatic rings. The summed E-state index contributed by atoms with van der Waals surface area (Å²) in [6.07, 6.45) is 0. The number of fused-ring (bicyclic) bond motifs is 1. The summed E-state index contributed by atoms with van der Waals surface area (Å²) in [7, 11) is 0. The van der Waals surface area contributed by atoms with E-state index in [1.54, 1.807) is 0 Å². The van der Waals surface area contributed by atoms with E-state index in [1.165, 1.54) is 0 Å². The smallest absolute Gasteiger partial charge is 0.152 e. The molecule has 4 heteroatoms. The fourth-order valence-electron chi connectivity index (χ4n) is 2.04. The molecule has 0 spiro atoms. The number of benzene rings is 2. The molecule has 3 aromatic rings. The van der Waals surface area contributed by atoms with Crippen LogP contribution in [0.5, 0.6) is 0 Å². The Kier molecular flexibility index (Phi) is 3.35. The third-order valence-corrected chi connectivity index (χ3v) is 3.88. The second kappa shape index (κ2) is 5.00. The first-order valence-electron chi connectivity index (χ1n) is 5.84. The molecule has 0 saturated carbocycles. The topological polar surface area (TPSA) is 39.2 Å². The minimum absolute atomic E-state index is 0.295. The van der Waals surface area contributed by atoms with Crippen LogP contribution >= 0.6 is 27.5 Å². The minimum atomic E-state index is -0.295. The third-order valence-electron chi connectivity index (χ3n) is 3.05. The first kappa shape index (κ1) is 12.7. The van der Waals surface area contributed by atoms with E-state index in [4.69, 9.17) is 21.8 Å². The van der Waals surface area contributed by atoms with Crippen LogP contribution in [0.15, 0.2) is 57.4 Å². The van der Waals surface area contributed by atoms with Crippen molar-refractivity contribution in [2.75, 3.05) is 0 Å². The lowest BCUT2D eigenvalue weighted by Gasteiger charge is -2.08. The lowest BCUT2D eigenvalue weighted by Crippen LogP contribution is -2.10. The summed E-state index contributed by atoms with van der Waals surface area (Å²) < 4.78 is 6.80. The first-order valence-corrected chi connectivity index (χ1v) is 7.01. The number of nitrogens with two attached hydrogens (primary N) is 1. The average Bonchev–Trinajstić information content (AvgIpc) is 2.84. The summed E-state index contributed by atoms with van der Waals surface area (Å²) in [5.74, 6) is 0.713. The molecule has 96 valence electrons. The third kappa shape index (κ3) is 2.41. The molecule has 1 atom stereocenters. The number of halogens is 2. The van der Waals surface area contributed by atoms with Gasteiger partial charge in [0, 0.05) is 9.86 Å². The highest BCUT2D eigenvalue weighted by molar-refractivity contribution is 9.10. The van der Waals surface area contributed by atoms with Gasteiger partial charge in [0.2, 0.25) is 0 Å². The number of hydrogen-bond donors (Lipinski definition) is 1. The first-order chi connectivity index (χ1) is 9.15. The molecule has 3 rings (SSSR count).